The van der Waals surface area contributed by atoms with Gasteiger partial charge in [-0.2, -0.15) is 0 Å². The molecule has 0 bridgehead atoms. The van der Waals surface area contributed by atoms with E-state index in [9.17, 15) is 9.18 Å². The number of hydrogen-bond acceptors (Lipinski definition) is 4. The van der Waals surface area contributed by atoms with E-state index in [-0.39, 0.29) is 17.3 Å². The van der Waals surface area contributed by atoms with Gasteiger partial charge in [-0.15, -0.1) is 0 Å². The minimum Gasteiger partial charge on any atom is -0.496 e. The van der Waals surface area contributed by atoms with Gasteiger partial charge in [-0.25, -0.2) is 4.39 Å². The van der Waals surface area contributed by atoms with E-state index in [4.69, 9.17) is 4.74 Å². The minimum atomic E-state index is -0.350. The van der Waals surface area contributed by atoms with Crippen LogP contribution in [0.4, 0.5) is 10.1 Å². The molecule has 1 aliphatic heterocycles. The van der Waals surface area contributed by atoms with E-state index in [0.717, 1.165) is 30.6 Å². The largest absolute Gasteiger partial charge is 0.496 e. The van der Waals surface area contributed by atoms with Crippen molar-refractivity contribution in [3.05, 3.63) is 53.6 Å². The number of benzene rings is 1. The van der Waals surface area contributed by atoms with Crippen LogP contribution in [-0.2, 0) is 6.42 Å². The van der Waals surface area contributed by atoms with E-state index in [1.807, 2.05) is 12.1 Å². The van der Waals surface area contributed by atoms with Crippen molar-refractivity contribution in [2.45, 2.75) is 50.6 Å². The Bertz CT molecular complexity index is 882. The molecule has 0 spiro atoms. The number of halogens is 1. The molecule has 2 aliphatic rings. The number of nitrogens with one attached hydrogen (secondary N) is 1. The molecule has 1 aromatic carbocycles. The molecule has 1 amide bonds. The van der Waals surface area contributed by atoms with Crippen LogP contribution in [0.5, 0.6) is 5.75 Å². The van der Waals surface area contributed by atoms with Gasteiger partial charge in [0.1, 0.15) is 17.3 Å². The number of ether oxygens (including phenoxy) is 1. The standard InChI is InChI=1S/C22H26FN3O2/c1-15-4-3-11-26(15)18-7-10-24-19(13-18)21(27)25-22(8-9-22)14-16-12-17(23)5-6-20(16)28-2/h5-7,10,12-13,15H,3-4,8-9,11,14H2,1-2H3,(H,25,27)/t15-/m0/s1. The quantitative estimate of drug-likeness (QED) is 0.826. The molecule has 148 valence electrons. The number of methoxy groups -OCH3 is 1. The smallest absolute Gasteiger partial charge is 0.270 e. The fourth-order valence-corrected chi connectivity index (χ4v) is 4.09. The zero-order valence-corrected chi connectivity index (χ0v) is 16.4. The molecule has 4 rings (SSSR count). The summed E-state index contributed by atoms with van der Waals surface area (Å²) in [7, 11) is 1.57. The van der Waals surface area contributed by atoms with Gasteiger partial charge in [0.2, 0.25) is 0 Å². The maximum Gasteiger partial charge on any atom is 0.270 e. The number of anilines is 1. The highest BCUT2D eigenvalue weighted by Crippen LogP contribution is 2.41. The van der Waals surface area contributed by atoms with Crippen LogP contribution >= 0.6 is 0 Å². The molecule has 1 aromatic heterocycles. The van der Waals surface area contributed by atoms with Gasteiger partial charge in [0, 0.05) is 30.0 Å². The molecular formula is C22H26FN3O2. The van der Waals surface area contributed by atoms with Gasteiger partial charge in [-0.3, -0.25) is 9.78 Å². The van der Waals surface area contributed by atoms with Crippen LogP contribution in [0.3, 0.4) is 0 Å². The summed E-state index contributed by atoms with van der Waals surface area (Å²) < 4.78 is 19.0. The third-order valence-corrected chi connectivity index (χ3v) is 5.86. The third kappa shape index (κ3) is 3.81. The fourth-order valence-electron chi connectivity index (χ4n) is 4.09. The molecule has 1 aliphatic carbocycles. The number of rotatable bonds is 6. The summed E-state index contributed by atoms with van der Waals surface area (Å²) >= 11 is 0. The van der Waals surface area contributed by atoms with Crippen molar-refractivity contribution < 1.29 is 13.9 Å². The summed E-state index contributed by atoms with van der Waals surface area (Å²) in [6, 6.07) is 8.81. The Morgan fingerprint density at radius 2 is 2.18 bits per heavy atom. The normalized spacial score (nSPS) is 20.1. The first-order valence-electron chi connectivity index (χ1n) is 9.87. The lowest BCUT2D eigenvalue weighted by Crippen LogP contribution is -2.39. The Morgan fingerprint density at radius 1 is 1.36 bits per heavy atom. The number of amides is 1. The zero-order chi connectivity index (χ0) is 19.7. The number of pyridine rings is 1. The van der Waals surface area contributed by atoms with Crippen LogP contribution in [-0.4, -0.2) is 36.1 Å². The molecule has 1 N–H and O–H groups in total. The molecule has 2 aromatic rings. The van der Waals surface area contributed by atoms with Gasteiger partial charge in [-0.1, -0.05) is 0 Å². The monoisotopic (exact) mass is 383 g/mol. The number of carbonyl (C=O) groups excluding carboxylic acids is 1. The number of aromatic nitrogens is 1. The van der Waals surface area contributed by atoms with Crippen LogP contribution in [0.2, 0.25) is 0 Å². The van der Waals surface area contributed by atoms with Crippen LogP contribution in [0, 0.1) is 5.82 Å². The molecule has 6 heteroatoms. The van der Waals surface area contributed by atoms with Gasteiger partial charge in [0.05, 0.1) is 7.11 Å². The first kappa shape index (κ1) is 18.7. The Kier molecular flexibility index (Phi) is 4.96. The average Bonchev–Trinajstić information content (AvgIpc) is 3.29. The number of hydrogen-bond donors (Lipinski definition) is 1. The van der Waals surface area contributed by atoms with E-state index >= 15 is 0 Å². The first-order chi connectivity index (χ1) is 13.5. The SMILES string of the molecule is COc1ccc(F)cc1CC1(NC(=O)c2cc(N3CCC[C@@H]3C)ccn2)CC1. The topological polar surface area (TPSA) is 54.5 Å². The van der Waals surface area contributed by atoms with Gasteiger partial charge < -0.3 is 15.0 Å². The van der Waals surface area contributed by atoms with Gasteiger partial charge in [0.15, 0.2) is 0 Å². The third-order valence-electron chi connectivity index (χ3n) is 5.86. The zero-order valence-electron chi connectivity index (χ0n) is 16.4. The lowest BCUT2D eigenvalue weighted by atomic mass is 10.0. The van der Waals surface area contributed by atoms with E-state index in [1.54, 1.807) is 19.4 Å². The average molecular weight is 383 g/mol. The van der Waals surface area contributed by atoms with E-state index < -0.39 is 0 Å². The van der Waals surface area contributed by atoms with Crippen LogP contribution in [0.15, 0.2) is 36.5 Å². The molecule has 5 nitrogen and oxygen atoms in total. The minimum absolute atomic E-state index is 0.179. The van der Waals surface area contributed by atoms with Crippen molar-refractivity contribution in [3.8, 4) is 5.75 Å². The Balaban J connectivity index is 1.49. The summed E-state index contributed by atoms with van der Waals surface area (Å²) in [5, 5.41) is 3.13. The van der Waals surface area contributed by atoms with Crippen molar-refractivity contribution in [2.24, 2.45) is 0 Å². The summed E-state index contributed by atoms with van der Waals surface area (Å²) in [6.45, 7) is 3.22. The van der Waals surface area contributed by atoms with Crippen LogP contribution in [0.1, 0.15) is 48.7 Å². The summed E-state index contributed by atoms with van der Waals surface area (Å²) in [5.41, 5.74) is 1.89. The second-order valence-corrected chi connectivity index (χ2v) is 7.95. The summed E-state index contributed by atoms with van der Waals surface area (Å²) in [5.74, 6) is 0.165. The van der Waals surface area contributed by atoms with Crippen molar-refractivity contribution >= 4 is 11.6 Å². The molecule has 1 atom stereocenters. The lowest BCUT2D eigenvalue weighted by molar-refractivity contribution is 0.0926. The van der Waals surface area contributed by atoms with Gasteiger partial charge >= 0.3 is 0 Å². The fraction of sp³-hybridized carbons (Fsp3) is 0.455. The van der Waals surface area contributed by atoms with E-state index in [1.165, 1.54) is 25.0 Å². The van der Waals surface area contributed by atoms with Crippen molar-refractivity contribution in [1.82, 2.24) is 10.3 Å². The molecule has 2 heterocycles. The predicted octanol–water partition coefficient (Wildman–Crippen LogP) is 3.72. The second-order valence-electron chi connectivity index (χ2n) is 7.95. The lowest BCUT2D eigenvalue weighted by Gasteiger charge is -2.24. The molecule has 0 unspecified atom stereocenters. The van der Waals surface area contributed by atoms with Crippen molar-refractivity contribution in [2.75, 3.05) is 18.6 Å². The first-order valence-corrected chi connectivity index (χ1v) is 9.87. The summed E-state index contributed by atoms with van der Waals surface area (Å²) in [4.78, 5) is 19.5. The Morgan fingerprint density at radius 3 is 2.86 bits per heavy atom. The predicted molar refractivity (Wildman–Crippen MR) is 106 cm³/mol. The van der Waals surface area contributed by atoms with E-state index in [0.29, 0.717) is 23.9 Å². The van der Waals surface area contributed by atoms with Gasteiger partial charge in [-0.05, 0) is 74.9 Å². The Hall–Kier alpha value is -2.63. The Labute approximate surface area is 164 Å². The van der Waals surface area contributed by atoms with Gasteiger partial charge in [0.25, 0.3) is 5.91 Å². The second kappa shape index (κ2) is 7.41. The number of nitrogens with zero attached hydrogens (tertiary/aromatic N) is 2. The highest BCUT2D eigenvalue weighted by atomic mass is 19.1. The molecule has 0 radical (unpaired) electrons. The molecule has 1 saturated carbocycles. The van der Waals surface area contributed by atoms with Crippen LogP contribution < -0.4 is 15.0 Å². The molecule has 2 fully saturated rings. The van der Waals surface area contributed by atoms with Crippen molar-refractivity contribution in [1.29, 1.82) is 0 Å². The molecule has 28 heavy (non-hydrogen) atoms. The van der Waals surface area contributed by atoms with Crippen molar-refractivity contribution in [3.63, 3.8) is 0 Å². The molecule has 1 saturated heterocycles. The maximum absolute atomic E-state index is 13.7. The highest BCUT2D eigenvalue weighted by Gasteiger charge is 2.45. The summed E-state index contributed by atoms with van der Waals surface area (Å²) in [6.07, 6.45) is 6.31. The molecular weight excluding hydrogens is 357 g/mol. The highest BCUT2D eigenvalue weighted by molar-refractivity contribution is 5.94. The van der Waals surface area contributed by atoms with E-state index in [2.05, 4.69) is 22.1 Å². The van der Waals surface area contributed by atoms with Crippen LogP contribution in [0.25, 0.3) is 0 Å². The number of carbonyl (C=O) groups is 1. The maximum atomic E-state index is 13.7.